The smallest absolute Gasteiger partial charge is 0.322 e. The second-order valence-electron chi connectivity index (χ2n) is 13.4. The lowest BCUT2D eigenvalue weighted by Crippen LogP contribution is -2.55. The van der Waals surface area contributed by atoms with Crippen molar-refractivity contribution in [3.8, 4) is 0 Å². The Bertz CT molecular complexity index is 1180. The van der Waals surface area contributed by atoms with Crippen molar-refractivity contribution in [3.05, 3.63) is 0 Å². The molecule has 276 valence electrons. The van der Waals surface area contributed by atoms with Crippen LogP contribution in [0.1, 0.15) is 80.6 Å². The van der Waals surface area contributed by atoms with Crippen LogP contribution in [0.15, 0.2) is 0 Å². The maximum absolute atomic E-state index is 13.5. The standard InChI is InChI=1S/C30H56N7O10P/c1-16(2)10-20(14-48(46,47)15-34-26(41)19(7)35-28(43)21(31)11-17(3)4)27(42)36-22(8-9-24(32)38)30(45)37-23(12-18(5)6)29(44)33-13-25(39)40/h16-23H,8-15,31H2,1-7H3,(H2,32,38)(H,33,44)(H,34,41)(H,35,43)(H,36,42)(H,37,45)(H,39,40)(H,46,47)/t19-,20+,21-,22-,23-/m0/s1. The third-order valence-electron chi connectivity index (χ3n) is 7.01. The maximum atomic E-state index is 13.5. The van der Waals surface area contributed by atoms with E-state index in [-0.39, 0.29) is 43.4 Å². The number of hydrogen-bond donors (Lipinski definition) is 9. The van der Waals surface area contributed by atoms with E-state index in [1.54, 1.807) is 27.7 Å². The second-order valence-corrected chi connectivity index (χ2v) is 15.8. The van der Waals surface area contributed by atoms with E-state index < -0.39 is 97.9 Å². The van der Waals surface area contributed by atoms with Gasteiger partial charge in [-0.2, -0.15) is 0 Å². The molecule has 11 N–H and O–H groups in total. The third kappa shape index (κ3) is 19.3. The minimum atomic E-state index is -4.20. The molecule has 0 radical (unpaired) electrons. The molecule has 1 unspecified atom stereocenters. The normalized spacial score (nSPS) is 15.8. The fourth-order valence-electron chi connectivity index (χ4n) is 4.70. The Balaban J connectivity index is 5.76. The number of amides is 6. The predicted molar refractivity (Wildman–Crippen MR) is 178 cm³/mol. The van der Waals surface area contributed by atoms with Gasteiger partial charge < -0.3 is 48.1 Å². The van der Waals surface area contributed by atoms with Crippen molar-refractivity contribution in [1.29, 1.82) is 0 Å². The summed E-state index contributed by atoms with van der Waals surface area (Å²) in [7, 11) is -4.20. The molecule has 6 amide bonds. The van der Waals surface area contributed by atoms with E-state index in [4.69, 9.17) is 16.6 Å². The van der Waals surface area contributed by atoms with E-state index in [0.29, 0.717) is 6.42 Å². The summed E-state index contributed by atoms with van der Waals surface area (Å²) >= 11 is 0. The Hall–Kier alpha value is -3.56. The zero-order valence-electron chi connectivity index (χ0n) is 29.0. The van der Waals surface area contributed by atoms with Gasteiger partial charge in [0.25, 0.3) is 0 Å². The first-order valence-corrected chi connectivity index (χ1v) is 18.1. The molecule has 0 aliphatic carbocycles. The van der Waals surface area contributed by atoms with Crippen LogP contribution in [0.5, 0.6) is 0 Å². The lowest BCUT2D eigenvalue weighted by atomic mass is 9.97. The molecule has 0 fully saturated rings. The lowest BCUT2D eigenvalue weighted by Gasteiger charge is -2.27. The number of hydrogen-bond acceptors (Lipinski definition) is 9. The Morgan fingerprint density at radius 3 is 1.73 bits per heavy atom. The molecule has 0 aromatic carbocycles. The number of rotatable bonds is 23. The van der Waals surface area contributed by atoms with E-state index in [2.05, 4.69) is 26.6 Å². The van der Waals surface area contributed by atoms with Gasteiger partial charge in [0.15, 0.2) is 0 Å². The quantitative estimate of drug-likeness (QED) is 0.0602. The Kier molecular flexibility index (Phi) is 19.8. The molecule has 0 bridgehead atoms. The van der Waals surface area contributed by atoms with E-state index >= 15 is 0 Å². The van der Waals surface area contributed by atoms with Crippen LogP contribution in [0.25, 0.3) is 0 Å². The number of carbonyl (C=O) groups is 7. The molecular formula is C30H56N7O10P. The first-order valence-electron chi connectivity index (χ1n) is 16.1. The highest BCUT2D eigenvalue weighted by molar-refractivity contribution is 7.58. The molecule has 0 aromatic rings. The molecule has 0 aliphatic rings. The second kappa shape index (κ2) is 21.4. The van der Waals surface area contributed by atoms with Gasteiger partial charge in [0.1, 0.15) is 24.7 Å². The van der Waals surface area contributed by atoms with Gasteiger partial charge in [0.05, 0.1) is 12.3 Å². The number of carboxylic acids is 1. The summed E-state index contributed by atoms with van der Waals surface area (Å²) in [5.74, 6) is -6.87. The van der Waals surface area contributed by atoms with Crippen LogP contribution in [0.2, 0.25) is 0 Å². The predicted octanol–water partition coefficient (Wildman–Crippen LogP) is -0.647. The molecule has 17 nitrogen and oxygen atoms in total. The van der Waals surface area contributed by atoms with Crippen molar-refractivity contribution in [2.24, 2.45) is 35.1 Å². The molecule has 0 aromatic heterocycles. The maximum Gasteiger partial charge on any atom is 0.322 e. The summed E-state index contributed by atoms with van der Waals surface area (Å²) in [6.07, 6.45) is -1.15. The zero-order valence-corrected chi connectivity index (χ0v) is 29.9. The number of nitrogens with two attached hydrogens (primary N) is 2. The van der Waals surface area contributed by atoms with E-state index in [0.717, 1.165) is 0 Å². The fourth-order valence-corrected chi connectivity index (χ4v) is 6.24. The molecule has 0 rings (SSSR count). The van der Waals surface area contributed by atoms with Gasteiger partial charge in [0.2, 0.25) is 42.8 Å². The monoisotopic (exact) mass is 705 g/mol. The minimum Gasteiger partial charge on any atom is -0.480 e. The van der Waals surface area contributed by atoms with Crippen molar-refractivity contribution >= 4 is 48.8 Å². The Morgan fingerprint density at radius 2 is 1.23 bits per heavy atom. The highest BCUT2D eigenvalue weighted by atomic mass is 31.2. The molecular weight excluding hydrogens is 649 g/mol. The van der Waals surface area contributed by atoms with Gasteiger partial charge in [-0.1, -0.05) is 41.5 Å². The average molecular weight is 706 g/mol. The van der Waals surface area contributed by atoms with Gasteiger partial charge in [-0.25, -0.2) is 0 Å². The molecule has 18 heteroatoms. The summed E-state index contributed by atoms with van der Waals surface area (Å²) in [5, 5.41) is 20.9. The van der Waals surface area contributed by atoms with Crippen molar-refractivity contribution in [3.63, 3.8) is 0 Å². The number of aliphatic carboxylic acids is 1. The van der Waals surface area contributed by atoms with Crippen molar-refractivity contribution in [1.82, 2.24) is 26.6 Å². The highest BCUT2D eigenvalue weighted by Crippen LogP contribution is 2.42. The summed E-state index contributed by atoms with van der Waals surface area (Å²) in [4.78, 5) is 97.4. The number of nitrogens with one attached hydrogen (secondary N) is 5. The number of carboxylic acid groups (broad SMARTS) is 1. The van der Waals surface area contributed by atoms with E-state index in [1.807, 2.05) is 13.8 Å². The SMILES string of the molecule is CC(C)C[C@H](CP(=O)(O)CNC(=O)[C@H](C)NC(=O)[C@@H](N)CC(C)C)C(=O)N[C@@H](CCC(N)=O)C(=O)N[C@@H](CC(C)C)C(=O)NCC(=O)O. The molecule has 6 atom stereocenters. The van der Waals surface area contributed by atoms with Crippen molar-refractivity contribution < 1.29 is 48.1 Å². The van der Waals surface area contributed by atoms with Crippen LogP contribution in [-0.4, -0.2) is 94.6 Å². The summed E-state index contributed by atoms with van der Waals surface area (Å²) < 4.78 is 13.2. The van der Waals surface area contributed by atoms with Crippen LogP contribution < -0.4 is 38.1 Å². The molecule has 0 spiro atoms. The zero-order chi connectivity index (χ0) is 37.4. The average Bonchev–Trinajstić information content (AvgIpc) is 2.94. The molecule has 0 aliphatic heterocycles. The highest BCUT2D eigenvalue weighted by Gasteiger charge is 2.34. The van der Waals surface area contributed by atoms with Gasteiger partial charge in [-0.3, -0.25) is 38.1 Å². The molecule has 0 saturated heterocycles. The van der Waals surface area contributed by atoms with Gasteiger partial charge >= 0.3 is 5.97 Å². The van der Waals surface area contributed by atoms with Crippen LogP contribution in [-0.2, 0) is 38.1 Å². The first kappa shape index (κ1) is 44.4. The van der Waals surface area contributed by atoms with E-state index in [9.17, 15) is 43.0 Å². The van der Waals surface area contributed by atoms with Crippen LogP contribution in [0, 0.1) is 23.7 Å². The summed E-state index contributed by atoms with van der Waals surface area (Å²) in [5.41, 5.74) is 11.1. The van der Waals surface area contributed by atoms with Gasteiger partial charge in [-0.15, -0.1) is 0 Å². The summed E-state index contributed by atoms with van der Waals surface area (Å²) in [6, 6.07) is -4.41. The number of carbonyl (C=O) groups excluding carboxylic acids is 6. The van der Waals surface area contributed by atoms with Crippen LogP contribution in [0.4, 0.5) is 0 Å². The molecule has 0 saturated carbocycles. The lowest BCUT2D eigenvalue weighted by molar-refractivity contribution is -0.138. The largest absolute Gasteiger partial charge is 0.480 e. The van der Waals surface area contributed by atoms with Crippen LogP contribution in [0.3, 0.4) is 0 Å². The number of primary amides is 1. The minimum absolute atomic E-state index is 0.0964. The van der Waals surface area contributed by atoms with Gasteiger partial charge in [0, 0.05) is 18.5 Å². The van der Waals surface area contributed by atoms with Crippen LogP contribution >= 0.6 is 7.37 Å². The Morgan fingerprint density at radius 1 is 0.688 bits per heavy atom. The van der Waals surface area contributed by atoms with E-state index in [1.165, 1.54) is 6.92 Å². The summed E-state index contributed by atoms with van der Waals surface area (Å²) in [6.45, 7) is 11.6. The first-order chi connectivity index (χ1) is 22.0. The molecule has 0 heterocycles. The third-order valence-corrected chi connectivity index (χ3v) is 8.68. The van der Waals surface area contributed by atoms with Crippen molar-refractivity contribution in [2.45, 2.75) is 105 Å². The van der Waals surface area contributed by atoms with Crippen molar-refractivity contribution in [2.75, 3.05) is 19.0 Å². The van der Waals surface area contributed by atoms with Gasteiger partial charge in [-0.05, 0) is 50.4 Å². The fraction of sp³-hybridized carbons (Fsp3) is 0.767. The topological polar surface area (TPSA) is 289 Å². The molecule has 48 heavy (non-hydrogen) atoms. The Labute approximate surface area is 282 Å².